The first kappa shape index (κ1) is 87.1. The second-order valence-electron chi connectivity index (χ2n) is 26.0. The number of non-ortho nitro benzene ring substituents is 6. The van der Waals surface area contributed by atoms with Gasteiger partial charge in [0.25, 0.3) is 34.1 Å². The molecule has 2 fully saturated rings. The fraction of sp³-hybridized carbons (Fsp3) is 0.486. The minimum Gasteiger partial charge on any atom is -0.394 e. The van der Waals surface area contributed by atoms with Crippen LogP contribution in [0.3, 0.4) is 0 Å². The Morgan fingerprint density at radius 3 is 1.07 bits per heavy atom. The number of nitrogens with zero attached hydrogens (tertiary/aromatic N) is 6. The van der Waals surface area contributed by atoms with Crippen LogP contribution in [0.15, 0.2) is 141 Å². The minimum atomic E-state index is -0.603. The van der Waals surface area contributed by atoms with Gasteiger partial charge in [-0.15, -0.1) is 0 Å². The van der Waals surface area contributed by atoms with Crippen molar-refractivity contribution in [3.05, 3.63) is 201 Å². The monoisotopic (exact) mass is 1630 g/mol. The molecule has 12 N–H and O–H groups in total. The second kappa shape index (κ2) is 44.4. The summed E-state index contributed by atoms with van der Waals surface area (Å²) < 4.78 is 1.90. The van der Waals surface area contributed by atoms with Gasteiger partial charge in [0, 0.05) is 145 Å². The van der Waals surface area contributed by atoms with Crippen LogP contribution in [-0.4, -0.2) is 135 Å². The molecule has 2 saturated carbocycles. The topological polar surface area (TPSA) is 452 Å². The molecule has 1 unspecified atom stereocenters. The van der Waals surface area contributed by atoms with Crippen molar-refractivity contribution in [1.82, 2.24) is 0 Å². The van der Waals surface area contributed by atoms with Gasteiger partial charge in [-0.05, 0) is 178 Å². The van der Waals surface area contributed by atoms with Crippen molar-refractivity contribution >= 4 is 116 Å². The maximum Gasteiger partial charge on any atom is 0.270 e. The average Bonchev–Trinajstić information content (AvgIpc) is 1.72. The molecule has 0 bridgehead atoms. The van der Waals surface area contributed by atoms with Crippen LogP contribution >= 0.6 is 47.8 Å². The number of hydrogen-bond donors (Lipinski definition) is 12. The summed E-state index contributed by atoms with van der Waals surface area (Å²) in [5, 5.41) is 141. The fourth-order valence-electron chi connectivity index (χ4n) is 11.7. The SMILES string of the molecule is CC(C)C[C@@H](CO)Nc1ccc([N+](=O)[O-])cc1.CC(C)C[C@@H](CO)Nc1ccc([N+](=O)[O-])cc1Br.CCC[C@@H](CO)Nc1ccc([N+](=O)[O-])cc1Br.O=[N+]([O-])c1ccc(NC(CO)CCC[C@H](O)C2(Nc3ccc([N+](=O)[O-])cc3)CCCC2)cc1.O=[N+]([O-])c1ccc(NC2(CO)CCCC2)c(Br)c1. The Balaban J connectivity index is 0.000000282. The highest BCUT2D eigenvalue weighted by Crippen LogP contribution is 2.40. The zero-order valence-corrected chi connectivity index (χ0v) is 63.0. The number of benzene rings is 6. The number of hydrogen-bond acceptors (Lipinski definition) is 24. The molecular formula is C70H95Br3N12O18. The van der Waals surface area contributed by atoms with Crippen molar-refractivity contribution in [3.63, 3.8) is 0 Å². The molecule has 30 nitrogen and oxygen atoms in total. The lowest BCUT2D eigenvalue weighted by molar-refractivity contribution is -0.385. The van der Waals surface area contributed by atoms with Crippen molar-refractivity contribution in [2.24, 2.45) is 11.8 Å². The lowest BCUT2D eigenvalue weighted by Crippen LogP contribution is -2.47. The molecule has 0 heterocycles. The van der Waals surface area contributed by atoms with Crippen LogP contribution < -0.4 is 31.9 Å². The molecule has 0 aliphatic heterocycles. The number of nitro groups is 6. The summed E-state index contributed by atoms with van der Waals surface area (Å²) in [5.41, 5.74) is 3.99. The van der Waals surface area contributed by atoms with Gasteiger partial charge in [-0.25, -0.2) is 0 Å². The number of nitrogens with one attached hydrogen (secondary N) is 6. The summed E-state index contributed by atoms with van der Waals surface area (Å²) in [7, 11) is 0. The first-order chi connectivity index (χ1) is 48.9. The zero-order valence-electron chi connectivity index (χ0n) is 58.2. The Hall–Kier alpha value is -8.28. The van der Waals surface area contributed by atoms with E-state index in [-0.39, 0.29) is 96.9 Å². The van der Waals surface area contributed by atoms with Crippen LogP contribution in [0.25, 0.3) is 0 Å². The first-order valence-electron chi connectivity index (χ1n) is 33.8. The summed E-state index contributed by atoms with van der Waals surface area (Å²) in [5.74, 6) is 0.948. The highest BCUT2D eigenvalue weighted by atomic mass is 79.9. The fourth-order valence-corrected chi connectivity index (χ4v) is 13.1. The number of halogens is 3. The molecule has 0 spiro atoms. The number of aliphatic hydroxyl groups is 6. The largest absolute Gasteiger partial charge is 0.394 e. The van der Waals surface area contributed by atoms with Crippen molar-refractivity contribution in [1.29, 1.82) is 0 Å². The molecule has 103 heavy (non-hydrogen) atoms. The summed E-state index contributed by atoms with van der Waals surface area (Å²) in [6.07, 6.45) is 12.4. The van der Waals surface area contributed by atoms with Gasteiger partial charge < -0.3 is 62.5 Å². The number of aliphatic hydroxyl groups excluding tert-OH is 6. The predicted octanol–water partition coefficient (Wildman–Crippen LogP) is 15.8. The highest BCUT2D eigenvalue weighted by molar-refractivity contribution is 9.11. The molecule has 2 aliphatic carbocycles. The quantitative estimate of drug-likeness (QED) is 0.0132. The van der Waals surface area contributed by atoms with E-state index in [1.807, 2.05) is 6.92 Å². The molecule has 6 aromatic carbocycles. The minimum absolute atomic E-state index is 0.00611. The Bertz CT molecular complexity index is 3630. The Morgan fingerprint density at radius 1 is 0.408 bits per heavy atom. The predicted molar refractivity (Wildman–Crippen MR) is 410 cm³/mol. The molecular weight excluding hydrogens is 1540 g/mol. The van der Waals surface area contributed by atoms with Gasteiger partial charge in [-0.2, -0.15) is 0 Å². The molecule has 564 valence electrons. The van der Waals surface area contributed by atoms with Crippen LogP contribution in [0.5, 0.6) is 0 Å². The molecule has 0 saturated heterocycles. The van der Waals surface area contributed by atoms with Gasteiger partial charge in [0.05, 0.1) is 79.8 Å². The molecule has 2 aliphatic rings. The van der Waals surface area contributed by atoms with Gasteiger partial charge in [-0.1, -0.05) is 66.7 Å². The summed E-state index contributed by atoms with van der Waals surface area (Å²) in [6.45, 7) is 10.5. The Morgan fingerprint density at radius 2 is 0.728 bits per heavy atom. The maximum absolute atomic E-state index is 11.0. The molecule has 33 heteroatoms. The van der Waals surface area contributed by atoms with Crippen LogP contribution in [-0.2, 0) is 0 Å². The lowest BCUT2D eigenvalue weighted by Gasteiger charge is -2.36. The molecule has 5 atom stereocenters. The van der Waals surface area contributed by atoms with E-state index in [1.54, 1.807) is 54.6 Å². The normalized spacial score (nSPS) is 14.7. The summed E-state index contributed by atoms with van der Waals surface area (Å²) in [6, 6.07) is 31.8. The van der Waals surface area contributed by atoms with Gasteiger partial charge in [-0.3, -0.25) is 60.7 Å². The van der Waals surface area contributed by atoms with E-state index in [0.717, 1.165) is 105 Å². The summed E-state index contributed by atoms with van der Waals surface area (Å²) in [4.78, 5) is 61.3. The zero-order chi connectivity index (χ0) is 76.4. The number of nitro benzene ring substituents is 6. The standard InChI is InChI=1S/C23H30N4O6.C12H15BrN2O3.C12H17BrN2O3.C12H18N2O3.C11H15BrN2O3/c28-16-19(24-17-6-10-20(11-7-17)26(30)31)4-3-5-22(29)23(14-1-2-15-23)25-18-8-12-21(13-9-18)27(32)33;13-10-7-9(15(17)18)3-4-11(10)14-12(8-16)5-1-2-6-12;1-8(2)5-9(7-16)14-12-4-3-10(15(17)18)6-11(12)13;1-9(2)7-11(8-15)13-10-3-5-12(6-4-10)14(16)17;1-2-3-8(7-15)13-11-5-4-9(14(16)17)6-10(11)12/h6-13,19,22,24-25,28-29H,1-5,14-16H2;3-4,7,14,16H,1-2,5-6,8H2;3-4,6,8-9,14,16H,5,7H2,1-2H3;3-6,9,11,13,15H,7-8H2,1-2H3;4-6,8,13,15H,2-3,7H2,1H3/t19?,22-;;9-;11-;8-/m0.000/s1. The third-order valence-electron chi connectivity index (χ3n) is 17.0. The van der Waals surface area contributed by atoms with E-state index < -0.39 is 41.2 Å². The molecule has 0 aromatic heterocycles. The van der Waals surface area contributed by atoms with E-state index in [0.29, 0.717) is 50.2 Å². The maximum atomic E-state index is 11.0. The molecule has 8 rings (SSSR count). The van der Waals surface area contributed by atoms with Crippen LogP contribution in [0.2, 0.25) is 0 Å². The molecule has 0 radical (unpaired) electrons. The van der Waals surface area contributed by atoms with E-state index >= 15 is 0 Å². The molecule has 6 aromatic rings. The number of rotatable bonds is 34. The molecule has 0 amide bonds. The van der Waals surface area contributed by atoms with Crippen LogP contribution in [0, 0.1) is 72.5 Å². The lowest BCUT2D eigenvalue weighted by atomic mass is 9.86. The van der Waals surface area contributed by atoms with E-state index in [9.17, 15) is 86.2 Å². The first-order valence-corrected chi connectivity index (χ1v) is 36.2. The third-order valence-corrected chi connectivity index (χ3v) is 19.0. The summed E-state index contributed by atoms with van der Waals surface area (Å²) >= 11 is 9.89. The van der Waals surface area contributed by atoms with Gasteiger partial charge in [0.2, 0.25) is 0 Å². The Labute approximate surface area is 623 Å². The smallest absolute Gasteiger partial charge is 0.270 e. The van der Waals surface area contributed by atoms with Gasteiger partial charge in [0.1, 0.15) is 0 Å². The van der Waals surface area contributed by atoms with Crippen molar-refractivity contribution < 1.29 is 60.2 Å². The third kappa shape index (κ3) is 29.8. The second-order valence-corrected chi connectivity index (χ2v) is 28.6. The van der Waals surface area contributed by atoms with E-state index in [4.69, 9.17) is 5.11 Å². The van der Waals surface area contributed by atoms with Gasteiger partial charge >= 0.3 is 0 Å². The van der Waals surface area contributed by atoms with Crippen LogP contribution in [0.4, 0.5) is 68.2 Å². The van der Waals surface area contributed by atoms with E-state index in [2.05, 4.69) is 107 Å². The van der Waals surface area contributed by atoms with Crippen molar-refractivity contribution in [2.45, 2.75) is 172 Å². The van der Waals surface area contributed by atoms with Crippen LogP contribution in [0.1, 0.15) is 131 Å². The Kier molecular flexibility index (Phi) is 37.6. The van der Waals surface area contributed by atoms with E-state index in [1.165, 1.54) is 72.8 Å². The average molecular weight is 1630 g/mol. The van der Waals surface area contributed by atoms with Crippen molar-refractivity contribution in [2.75, 3.05) is 64.9 Å². The van der Waals surface area contributed by atoms with Gasteiger partial charge in [0.15, 0.2) is 0 Å². The highest BCUT2D eigenvalue weighted by Gasteiger charge is 2.40. The van der Waals surface area contributed by atoms with Crippen molar-refractivity contribution in [3.8, 4) is 0 Å². The number of anilines is 6.